The predicted octanol–water partition coefficient (Wildman–Crippen LogP) is -0.517. The van der Waals surface area contributed by atoms with Gasteiger partial charge in [-0.05, 0) is 62.5 Å². The molecule has 350 valence electrons. The van der Waals surface area contributed by atoms with Crippen LogP contribution in [0.4, 0.5) is 0 Å². The minimum absolute atomic E-state index is 0.00250. The van der Waals surface area contributed by atoms with Crippen LogP contribution in [0.25, 0.3) is 0 Å². The quantitative estimate of drug-likeness (QED) is 0.0219. The van der Waals surface area contributed by atoms with Crippen LogP contribution in [0.15, 0.2) is 47.5 Å². The van der Waals surface area contributed by atoms with Gasteiger partial charge in [-0.25, -0.2) is 4.79 Å². The third kappa shape index (κ3) is 21.5. The number of nitrogens with zero attached hydrogens (tertiary/aromatic N) is 1. The molecule has 63 heavy (non-hydrogen) atoms. The number of nitrogens with two attached hydrogens (primary N) is 4. The summed E-state index contributed by atoms with van der Waals surface area (Å²) < 4.78 is 0. The molecule has 0 saturated heterocycles. The SMILES string of the molecule is CC(=O)N[C@@H](CCCN=C(N)N)C(=O)N[C@@H](CCC(N)=O)C(=O)N[C@@H](CC1CCCCC1)C(=O)N[C@@H](/C=C/CCN)C(=O)N[C@@H](CC(C)C)C(=O)N[C@@H](Cc1ccccc1)C(=O)O. The van der Waals surface area contributed by atoms with Crippen molar-refractivity contribution in [2.24, 2.45) is 39.8 Å². The minimum Gasteiger partial charge on any atom is -0.480 e. The molecular formula is C43H69N11O9. The van der Waals surface area contributed by atoms with Gasteiger partial charge in [0.2, 0.25) is 41.4 Å². The highest BCUT2D eigenvalue weighted by atomic mass is 16.4. The third-order valence-electron chi connectivity index (χ3n) is 10.4. The first kappa shape index (κ1) is 53.1. The highest BCUT2D eigenvalue weighted by Crippen LogP contribution is 2.27. The highest BCUT2D eigenvalue weighted by molar-refractivity contribution is 5.97. The fourth-order valence-corrected chi connectivity index (χ4v) is 7.18. The lowest BCUT2D eigenvalue weighted by Gasteiger charge is -2.30. The zero-order chi connectivity index (χ0) is 46.9. The van der Waals surface area contributed by atoms with E-state index in [-0.39, 0.29) is 69.4 Å². The maximum Gasteiger partial charge on any atom is 0.326 e. The second kappa shape index (κ2) is 28.5. The van der Waals surface area contributed by atoms with Gasteiger partial charge >= 0.3 is 5.97 Å². The van der Waals surface area contributed by atoms with Crippen LogP contribution in [0.2, 0.25) is 0 Å². The van der Waals surface area contributed by atoms with Crippen LogP contribution in [0.3, 0.4) is 0 Å². The molecule has 1 aromatic rings. The van der Waals surface area contributed by atoms with Crippen molar-refractivity contribution in [2.45, 2.75) is 140 Å². The predicted molar refractivity (Wildman–Crippen MR) is 237 cm³/mol. The number of aliphatic imine (C=N–C) groups is 1. The van der Waals surface area contributed by atoms with Gasteiger partial charge in [-0.3, -0.25) is 38.6 Å². The maximum atomic E-state index is 14.3. The maximum absolute atomic E-state index is 14.3. The second-order valence-electron chi connectivity index (χ2n) is 16.3. The molecule has 0 radical (unpaired) electrons. The summed E-state index contributed by atoms with van der Waals surface area (Å²) in [6.07, 6.45) is 7.97. The van der Waals surface area contributed by atoms with Crippen molar-refractivity contribution in [1.82, 2.24) is 31.9 Å². The number of carbonyl (C=O) groups excluding carboxylic acids is 7. The van der Waals surface area contributed by atoms with E-state index in [9.17, 15) is 43.5 Å². The Morgan fingerprint density at radius 1 is 0.746 bits per heavy atom. The number of primary amides is 1. The zero-order valence-electron chi connectivity index (χ0n) is 36.7. The van der Waals surface area contributed by atoms with E-state index in [4.69, 9.17) is 22.9 Å². The molecule has 1 aromatic carbocycles. The summed E-state index contributed by atoms with van der Waals surface area (Å²) in [5.74, 6) is -6.52. The largest absolute Gasteiger partial charge is 0.480 e. The van der Waals surface area contributed by atoms with E-state index >= 15 is 0 Å². The Labute approximate surface area is 369 Å². The van der Waals surface area contributed by atoms with E-state index in [1.165, 1.54) is 13.0 Å². The molecule has 2 rings (SSSR count). The summed E-state index contributed by atoms with van der Waals surface area (Å²) in [4.78, 5) is 109. The molecule has 1 fully saturated rings. The summed E-state index contributed by atoms with van der Waals surface area (Å²) in [6, 6.07) is 1.25. The van der Waals surface area contributed by atoms with Gasteiger partial charge in [0.05, 0.1) is 0 Å². The molecular weight excluding hydrogens is 815 g/mol. The summed E-state index contributed by atoms with van der Waals surface area (Å²) >= 11 is 0. The molecule has 20 nitrogen and oxygen atoms in total. The van der Waals surface area contributed by atoms with E-state index in [1.807, 2.05) is 13.8 Å². The van der Waals surface area contributed by atoms with Gasteiger partial charge in [-0.1, -0.05) is 88.4 Å². The van der Waals surface area contributed by atoms with Gasteiger partial charge in [0.15, 0.2) is 5.96 Å². The van der Waals surface area contributed by atoms with Gasteiger partial charge in [0, 0.05) is 26.3 Å². The smallest absolute Gasteiger partial charge is 0.326 e. The number of nitrogens with one attached hydrogen (secondary N) is 6. The molecule has 1 aliphatic carbocycles. The van der Waals surface area contributed by atoms with Crippen molar-refractivity contribution in [3.05, 3.63) is 48.0 Å². The molecule has 20 heteroatoms. The van der Waals surface area contributed by atoms with E-state index < -0.39 is 83.6 Å². The molecule has 0 aliphatic heterocycles. The van der Waals surface area contributed by atoms with Gasteiger partial charge in [0.25, 0.3) is 0 Å². The van der Waals surface area contributed by atoms with Crippen LogP contribution < -0.4 is 54.8 Å². The van der Waals surface area contributed by atoms with Gasteiger partial charge in [0.1, 0.15) is 36.3 Å². The number of benzene rings is 1. The molecule has 1 aliphatic rings. The Morgan fingerprint density at radius 2 is 1.32 bits per heavy atom. The van der Waals surface area contributed by atoms with Crippen molar-refractivity contribution < 1.29 is 43.5 Å². The summed E-state index contributed by atoms with van der Waals surface area (Å²) in [5.41, 5.74) is 22.6. The first-order valence-electron chi connectivity index (χ1n) is 21.7. The monoisotopic (exact) mass is 884 g/mol. The van der Waals surface area contributed by atoms with Gasteiger partial charge in [-0.2, -0.15) is 0 Å². The fraction of sp³-hybridized carbons (Fsp3) is 0.605. The number of guanidine groups is 1. The molecule has 0 unspecified atom stereocenters. The Hall–Kier alpha value is -6.05. The Bertz CT molecular complexity index is 1730. The van der Waals surface area contributed by atoms with E-state index in [1.54, 1.807) is 36.4 Å². The van der Waals surface area contributed by atoms with Gasteiger partial charge < -0.3 is 59.9 Å². The number of carboxylic acids is 1. The molecule has 15 N–H and O–H groups in total. The average Bonchev–Trinajstić information content (AvgIpc) is 3.22. The minimum atomic E-state index is -1.36. The van der Waals surface area contributed by atoms with Crippen LogP contribution >= 0.6 is 0 Å². The zero-order valence-corrected chi connectivity index (χ0v) is 36.7. The topological polar surface area (TPSA) is 345 Å². The molecule has 0 spiro atoms. The lowest BCUT2D eigenvalue weighted by Crippen LogP contribution is -2.59. The number of carbonyl (C=O) groups is 8. The van der Waals surface area contributed by atoms with Crippen molar-refractivity contribution >= 4 is 53.3 Å². The number of hydrogen-bond donors (Lipinski definition) is 11. The Balaban J connectivity index is 2.40. The molecule has 0 aromatic heterocycles. The lowest BCUT2D eigenvalue weighted by molar-refractivity contribution is -0.142. The van der Waals surface area contributed by atoms with Crippen molar-refractivity contribution in [3.63, 3.8) is 0 Å². The molecule has 6 atom stereocenters. The van der Waals surface area contributed by atoms with Crippen LogP contribution in [-0.4, -0.2) is 108 Å². The standard InChI is InChI=1S/C43H69N11O9/c1-26(2)23-33(40(60)54-35(42(62)63)25-29-15-8-5-9-16-29)52-38(58)31(17-10-11-21-44)50-41(61)34(24-28-13-6-4-7-14-28)53-39(59)32(19-20-36(45)56)51-37(57)30(49-27(3)55)18-12-22-48-43(46)47/h5,8-10,15-17,26,28,30-35H,4,6-7,11-14,18-25,44H2,1-3H3,(H2,45,56)(H,49,55)(H,50,61)(H,51,57)(H,52,58)(H,53,59)(H,54,60)(H,62,63)(H4,46,47,48)/b17-10+/t30-,31-,32-,33-,34-,35-/m0/s1. The molecule has 0 bridgehead atoms. The normalized spacial score (nSPS) is 15.7. The van der Waals surface area contributed by atoms with Crippen LogP contribution in [-0.2, 0) is 44.8 Å². The highest BCUT2D eigenvalue weighted by Gasteiger charge is 2.34. The first-order chi connectivity index (χ1) is 29.9. The van der Waals surface area contributed by atoms with Crippen LogP contribution in [0, 0.1) is 11.8 Å². The van der Waals surface area contributed by atoms with E-state index in [0.29, 0.717) is 18.4 Å². The number of aliphatic carboxylic acids is 1. The number of rotatable bonds is 28. The van der Waals surface area contributed by atoms with Crippen molar-refractivity contribution in [1.29, 1.82) is 0 Å². The van der Waals surface area contributed by atoms with E-state index in [2.05, 4.69) is 36.9 Å². The third-order valence-corrected chi connectivity index (χ3v) is 10.4. The fourth-order valence-electron chi connectivity index (χ4n) is 7.18. The first-order valence-corrected chi connectivity index (χ1v) is 21.7. The van der Waals surface area contributed by atoms with Gasteiger partial charge in [-0.15, -0.1) is 0 Å². The second-order valence-corrected chi connectivity index (χ2v) is 16.3. The number of hydrogen-bond acceptors (Lipinski definition) is 10. The van der Waals surface area contributed by atoms with Crippen LogP contribution in [0.5, 0.6) is 0 Å². The van der Waals surface area contributed by atoms with E-state index in [0.717, 1.165) is 32.1 Å². The Kier molecular flexibility index (Phi) is 24.0. The average molecular weight is 884 g/mol. The molecule has 7 amide bonds. The molecule has 0 heterocycles. The number of amides is 7. The number of carboxylic acid groups (broad SMARTS) is 1. The Morgan fingerprint density at radius 3 is 1.89 bits per heavy atom. The van der Waals surface area contributed by atoms with Crippen molar-refractivity contribution in [2.75, 3.05) is 13.1 Å². The van der Waals surface area contributed by atoms with Crippen molar-refractivity contribution in [3.8, 4) is 0 Å². The lowest BCUT2D eigenvalue weighted by atomic mass is 9.84. The van der Waals surface area contributed by atoms with Crippen LogP contribution in [0.1, 0.15) is 103 Å². The summed E-state index contributed by atoms with van der Waals surface area (Å²) in [7, 11) is 0. The summed E-state index contributed by atoms with van der Waals surface area (Å²) in [5, 5.41) is 25.8. The molecule has 1 saturated carbocycles. The summed E-state index contributed by atoms with van der Waals surface area (Å²) in [6.45, 7) is 5.28.